The van der Waals surface area contributed by atoms with E-state index in [4.69, 9.17) is 0 Å². The van der Waals surface area contributed by atoms with Crippen LogP contribution in [0.5, 0.6) is 0 Å². The number of benzene rings is 3. The molecule has 234 valence electrons. The van der Waals surface area contributed by atoms with Crippen LogP contribution in [0.3, 0.4) is 0 Å². The second-order valence-corrected chi connectivity index (χ2v) is 14.4. The normalized spacial score (nSPS) is 26.5. The molecule has 3 aromatic carbocycles. The first-order chi connectivity index (χ1) is 22.0. The van der Waals surface area contributed by atoms with Crippen molar-refractivity contribution in [3.63, 3.8) is 0 Å². The lowest BCUT2D eigenvalue weighted by Crippen LogP contribution is -2.49. The number of anilines is 5. The van der Waals surface area contributed by atoms with E-state index in [0.717, 1.165) is 70.9 Å². The molecular weight excluding hydrogens is 556 g/mol. The van der Waals surface area contributed by atoms with Crippen LogP contribution in [0.4, 0.5) is 28.4 Å². The van der Waals surface area contributed by atoms with Crippen LogP contribution in [0.2, 0.25) is 0 Å². The molecular formula is C38H46N6O. The first-order valence-electron chi connectivity index (χ1n) is 17.4. The fraction of sp³-hybridized carbons (Fsp3) is 0.500. The van der Waals surface area contributed by atoms with E-state index in [2.05, 4.69) is 104 Å². The van der Waals surface area contributed by atoms with Crippen molar-refractivity contribution in [2.75, 3.05) is 97.5 Å². The fourth-order valence-corrected chi connectivity index (χ4v) is 9.79. The maximum Gasteiger partial charge on any atom is 0.162 e. The van der Waals surface area contributed by atoms with Crippen molar-refractivity contribution in [3.05, 3.63) is 77.4 Å². The molecule has 9 rings (SSSR count). The summed E-state index contributed by atoms with van der Waals surface area (Å²) in [5.74, 6) is 1.41. The summed E-state index contributed by atoms with van der Waals surface area (Å²) in [5, 5.41) is 0. The molecule has 6 aliphatic heterocycles. The van der Waals surface area contributed by atoms with Crippen molar-refractivity contribution in [2.24, 2.45) is 0 Å². The third kappa shape index (κ3) is 4.37. The molecule has 4 atom stereocenters. The number of rotatable bonds is 6. The van der Waals surface area contributed by atoms with E-state index in [0.29, 0.717) is 30.3 Å². The quantitative estimate of drug-likeness (QED) is 0.350. The Hall–Kier alpha value is -3.71. The van der Waals surface area contributed by atoms with Gasteiger partial charge in [0.1, 0.15) is 0 Å². The van der Waals surface area contributed by atoms with Crippen LogP contribution in [-0.2, 0) is 0 Å². The largest absolute Gasteiger partial charge is 0.371 e. The standard InChI is InChI=1S/C38H46N6O/c1-39-20-22-43-32-15-18-41(24-30(32)28-6-3-8-34(39)37(28)43)17-5-10-36(45)26-11-13-27(14-12-26)42-19-16-33-31(25-42)29-7-4-9-35-38(29)44(33)23-21-40(35)2/h3-4,6-9,11-14,30-33H,5,10,15-25H2,1-2H3. The number of Topliss-reactive ketones (excluding diaryl/α,β-unsaturated/α-hetero) is 1. The van der Waals surface area contributed by atoms with Crippen LogP contribution in [0, 0.1) is 0 Å². The maximum absolute atomic E-state index is 13.2. The Morgan fingerprint density at radius 3 is 1.93 bits per heavy atom. The molecule has 0 bridgehead atoms. The third-order valence-electron chi connectivity index (χ3n) is 12.1. The lowest BCUT2D eigenvalue weighted by molar-refractivity contribution is 0.0971. The minimum Gasteiger partial charge on any atom is -0.371 e. The van der Waals surface area contributed by atoms with Crippen LogP contribution in [-0.4, -0.2) is 95.8 Å². The van der Waals surface area contributed by atoms with Gasteiger partial charge in [-0.3, -0.25) is 4.79 Å². The number of piperidine rings is 2. The number of likely N-dealkylation sites (N-methyl/N-ethyl adjacent to an activating group) is 2. The maximum atomic E-state index is 13.2. The van der Waals surface area contributed by atoms with Crippen LogP contribution in [0.1, 0.15) is 59.0 Å². The lowest BCUT2D eigenvalue weighted by atomic mass is 9.88. The van der Waals surface area contributed by atoms with Crippen LogP contribution < -0.4 is 24.5 Å². The summed E-state index contributed by atoms with van der Waals surface area (Å²) in [6, 6.07) is 23.6. The molecule has 0 radical (unpaired) electrons. The van der Waals surface area contributed by atoms with E-state index in [-0.39, 0.29) is 5.78 Å². The molecule has 3 aromatic rings. The molecule has 0 aromatic heterocycles. The van der Waals surface area contributed by atoms with Crippen LogP contribution in [0.15, 0.2) is 60.7 Å². The second-order valence-electron chi connectivity index (χ2n) is 14.4. The minimum atomic E-state index is 0.279. The van der Waals surface area contributed by atoms with E-state index in [1.807, 2.05) is 0 Å². The van der Waals surface area contributed by atoms with Crippen molar-refractivity contribution in [2.45, 2.75) is 49.6 Å². The van der Waals surface area contributed by atoms with Gasteiger partial charge in [-0.15, -0.1) is 0 Å². The Morgan fingerprint density at radius 1 is 0.689 bits per heavy atom. The van der Waals surface area contributed by atoms with Gasteiger partial charge in [0.05, 0.1) is 22.7 Å². The number of likely N-dealkylation sites (tertiary alicyclic amines) is 1. The molecule has 2 saturated heterocycles. The van der Waals surface area contributed by atoms with Crippen molar-refractivity contribution in [1.82, 2.24) is 4.90 Å². The molecule has 0 spiro atoms. The highest BCUT2D eigenvalue weighted by molar-refractivity contribution is 5.96. The molecule has 2 fully saturated rings. The second kappa shape index (κ2) is 10.7. The molecule has 45 heavy (non-hydrogen) atoms. The van der Waals surface area contributed by atoms with Gasteiger partial charge in [-0.1, -0.05) is 24.3 Å². The summed E-state index contributed by atoms with van der Waals surface area (Å²) in [6.07, 6.45) is 3.96. The minimum absolute atomic E-state index is 0.279. The number of carbonyl (C=O) groups excluding carboxylic acids is 1. The predicted molar refractivity (Wildman–Crippen MR) is 185 cm³/mol. The molecule has 6 aliphatic rings. The molecule has 0 amide bonds. The Morgan fingerprint density at radius 2 is 1.29 bits per heavy atom. The number of hydrogen-bond acceptors (Lipinski definition) is 7. The zero-order chi connectivity index (χ0) is 30.2. The molecule has 7 heteroatoms. The van der Waals surface area contributed by atoms with Gasteiger partial charge in [-0.2, -0.15) is 0 Å². The highest BCUT2D eigenvalue weighted by Crippen LogP contribution is 2.52. The predicted octanol–water partition coefficient (Wildman–Crippen LogP) is 5.41. The Bertz CT molecular complexity index is 1620. The smallest absolute Gasteiger partial charge is 0.162 e. The van der Waals surface area contributed by atoms with Crippen molar-refractivity contribution < 1.29 is 4.79 Å². The summed E-state index contributed by atoms with van der Waals surface area (Å²) >= 11 is 0. The molecule has 0 saturated carbocycles. The fourth-order valence-electron chi connectivity index (χ4n) is 9.79. The molecule has 0 aliphatic carbocycles. The van der Waals surface area contributed by atoms with E-state index in [1.54, 1.807) is 5.56 Å². The van der Waals surface area contributed by atoms with Crippen LogP contribution >= 0.6 is 0 Å². The molecule has 0 N–H and O–H groups in total. The highest BCUT2D eigenvalue weighted by atomic mass is 16.1. The zero-order valence-corrected chi connectivity index (χ0v) is 26.9. The summed E-state index contributed by atoms with van der Waals surface area (Å²) in [7, 11) is 4.45. The van der Waals surface area contributed by atoms with E-state index >= 15 is 0 Å². The number of para-hydroxylation sites is 2. The topological polar surface area (TPSA) is 36.5 Å². The zero-order valence-electron chi connectivity index (χ0n) is 26.9. The monoisotopic (exact) mass is 602 g/mol. The van der Waals surface area contributed by atoms with Crippen molar-refractivity contribution in [3.8, 4) is 0 Å². The van der Waals surface area contributed by atoms with Crippen molar-refractivity contribution >= 4 is 34.2 Å². The Labute approximate surface area is 268 Å². The summed E-state index contributed by atoms with van der Waals surface area (Å²) < 4.78 is 0. The molecule has 4 unspecified atom stereocenters. The number of carbonyl (C=O) groups is 1. The number of fused-ring (bicyclic) bond motifs is 6. The van der Waals surface area contributed by atoms with Gasteiger partial charge in [0.25, 0.3) is 0 Å². The number of nitrogens with zero attached hydrogens (tertiary/aromatic N) is 6. The van der Waals surface area contributed by atoms with Gasteiger partial charge < -0.3 is 29.4 Å². The van der Waals surface area contributed by atoms with Gasteiger partial charge in [-0.05, 0) is 73.3 Å². The van der Waals surface area contributed by atoms with Gasteiger partial charge >= 0.3 is 0 Å². The van der Waals surface area contributed by atoms with Gasteiger partial charge in [0, 0.05) is 108 Å². The lowest BCUT2D eigenvalue weighted by Gasteiger charge is -2.42. The van der Waals surface area contributed by atoms with Gasteiger partial charge in [0.15, 0.2) is 5.78 Å². The summed E-state index contributed by atoms with van der Waals surface area (Å²) in [4.78, 5) is 28.6. The number of ketones is 1. The van der Waals surface area contributed by atoms with Crippen LogP contribution in [0.25, 0.3) is 0 Å². The average molecular weight is 603 g/mol. The first kappa shape index (κ1) is 27.6. The Balaban J connectivity index is 0.809. The van der Waals surface area contributed by atoms with E-state index in [1.165, 1.54) is 46.8 Å². The van der Waals surface area contributed by atoms with Gasteiger partial charge in [-0.25, -0.2) is 0 Å². The first-order valence-corrected chi connectivity index (χ1v) is 17.4. The third-order valence-corrected chi connectivity index (χ3v) is 12.1. The van der Waals surface area contributed by atoms with Crippen molar-refractivity contribution in [1.29, 1.82) is 0 Å². The van der Waals surface area contributed by atoms with Gasteiger partial charge in [0.2, 0.25) is 0 Å². The SMILES string of the molecule is CN1CCN2c3c(cccc31)C1CN(CCCC(=O)c3ccc(N4CCC5C(C4)c4cccc6c4N5CCN6C)cc3)CCC12. The molecule has 7 nitrogen and oxygen atoms in total. The number of hydrogen-bond donors (Lipinski definition) is 0. The average Bonchev–Trinajstić information content (AvgIpc) is 3.58. The Kier molecular flexibility index (Phi) is 6.55. The highest BCUT2D eigenvalue weighted by Gasteiger charge is 2.46. The summed E-state index contributed by atoms with van der Waals surface area (Å²) in [5.41, 5.74) is 10.9. The molecule has 6 heterocycles. The van der Waals surface area contributed by atoms with E-state index < -0.39 is 0 Å². The summed E-state index contributed by atoms with van der Waals surface area (Å²) in [6.45, 7) is 9.85. The van der Waals surface area contributed by atoms with E-state index in [9.17, 15) is 4.79 Å².